The molecule has 4 nitrogen and oxygen atoms in total. The van der Waals surface area contributed by atoms with Crippen LogP contribution in [0, 0.1) is 5.92 Å². The number of carbonyl (C=O) groups excluding carboxylic acids is 1. The summed E-state index contributed by atoms with van der Waals surface area (Å²) in [6.07, 6.45) is 6.07. The minimum absolute atomic E-state index is 0.0233. The molecule has 0 aromatic rings. The van der Waals surface area contributed by atoms with Crippen molar-refractivity contribution in [3.05, 3.63) is 0 Å². The molecule has 0 aliphatic carbocycles. The molecule has 110 valence electrons. The van der Waals surface area contributed by atoms with Crippen molar-refractivity contribution in [3.63, 3.8) is 0 Å². The number of piperidine rings is 1. The van der Waals surface area contributed by atoms with Crippen molar-refractivity contribution in [3.8, 4) is 0 Å². The second-order valence-corrected chi connectivity index (χ2v) is 6.07. The molecule has 19 heavy (non-hydrogen) atoms. The molecular formula is C15H27NO3. The van der Waals surface area contributed by atoms with Crippen molar-refractivity contribution >= 4 is 5.97 Å². The van der Waals surface area contributed by atoms with Crippen LogP contribution in [0.3, 0.4) is 0 Å². The van der Waals surface area contributed by atoms with Crippen LogP contribution < -0.4 is 5.32 Å². The Hall–Kier alpha value is -0.610. The summed E-state index contributed by atoms with van der Waals surface area (Å²) in [6.45, 7) is 6.28. The fourth-order valence-corrected chi connectivity index (χ4v) is 3.18. The SMILES string of the molecule is CC1CC(OC(=O)CCC2CCNCC2)CC(C)O1. The molecule has 0 saturated carbocycles. The molecule has 0 spiro atoms. The maximum absolute atomic E-state index is 11.9. The van der Waals surface area contributed by atoms with Gasteiger partial charge in [0.15, 0.2) is 0 Å². The molecule has 0 aromatic heterocycles. The lowest BCUT2D eigenvalue weighted by Gasteiger charge is -2.31. The van der Waals surface area contributed by atoms with Crippen molar-refractivity contribution in [1.82, 2.24) is 5.32 Å². The lowest BCUT2D eigenvalue weighted by Crippen LogP contribution is -2.35. The molecule has 2 heterocycles. The van der Waals surface area contributed by atoms with Gasteiger partial charge in [0.25, 0.3) is 0 Å². The largest absolute Gasteiger partial charge is 0.462 e. The number of carbonyl (C=O) groups is 1. The number of ether oxygens (including phenoxy) is 2. The summed E-state index contributed by atoms with van der Waals surface area (Å²) in [5, 5.41) is 3.35. The average molecular weight is 269 g/mol. The number of rotatable bonds is 4. The van der Waals surface area contributed by atoms with E-state index in [0.717, 1.165) is 32.4 Å². The van der Waals surface area contributed by atoms with E-state index in [-0.39, 0.29) is 24.3 Å². The molecule has 4 heteroatoms. The van der Waals surface area contributed by atoms with Gasteiger partial charge in [0.2, 0.25) is 0 Å². The van der Waals surface area contributed by atoms with Crippen molar-refractivity contribution in [2.45, 2.75) is 70.7 Å². The molecule has 2 fully saturated rings. The van der Waals surface area contributed by atoms with Crippen LogP contribution in [0.15, 0.2) is 0 Å². The van der Waals surface area contributed by atoms with Gasteiger partial charge in [-0.25, -0.2) is 0 Å². The van der Waals surface area contributed by atoms with E-state index in [4.69, 9.17) is 9.47 Å². The summed E-state index contributed by atoms with van der Waals surface area (Å²) in [5.41, 5.74) is 0. The van der Waals surface area contributed by atoms with Gasteiger partial charge in [-0.1, -0.05) is 0 Å². The number of hydrogen-bond donors (Lipinski definition) is 1. The Morgan fingerprint density at radius 2 is 1.84 bits per heavy atom. The molecule has 2 aliphatic rings. The van der Waals surface area contributed by atoms with Crippen molar-refractivity contribution in [2.24, 2.45) is 5.92 Å². The fourth-order valence-electron chi connectivity index (χ4n) is 3.18. The second kappa shape index (κ2) is 7.25. The Morgan fingerprint density at radius 3 is 2.47 bits per heavy atom. The molecule has 2 atom stereocenters. The van der Waals surface area contributed by atoms with E-state index in [1.165, 1.54) is 12.8 Å². The highest BCUT2D eigenvalue weighted by Crippen LogP contribution is 2.23. The Kier molecular flexibility index (Phi) is 5.64. The predicted molar refractivity (Wildman–Crippen MR) is 74.0 cm³/mol. The van der Waals surface area contributed by atoms with Gasteiger partial charge in [-0.05, 0) is 52.1 Å². The minimum Gasteiger partial charge on any atom is -0.462 e. The third kappa shape index (κ3) is 5.11. The van der Waals surface area contributed by atoms with Gasteiger partial charge in [-0.3, -0.25) is 4.79 Å². The van der Waals surface area contributed by atoms with Crippen LogP contribution >= 0.6 is 0 Å². The van der Waals surface area contributed by atoms with E-state index in [1.807, 2.05) is 13.8 Å². The van der Waals surface area contributed by atoms with E-state index >= 15 is 0 Å². The molecule has 0 amide bonds. The highest BCUT2D eigenvalue weighted by atomic mass is 16.6. The van der Waals surface area contributed by atoms with Crippen LogP contribution in [0.4, 0.5) is 0 Å². The van der Waals surface area contributed by atoms with Crippen LogP contribution in [-0.2, 0) is 14.3 Å². The first kappa shape index (κ1) is 14.8. The Labute approximate surface area is 116 Å². The fraction of sp³-hybridized carbons (Fsp3) is 0.933. The Bertz CT molecular complexity index is 279. The van der Waals surface area contributed by atoms with Crippen LogP contribution in [0.1, 0.15) is 52.4 Å². The topological polar surface area (TPSA) is 47.6 Å². The zero-order chi connectivity index (χ0) is 13.7. The lowest BCUT2D eigenvalue weighted by atomic mass is 9.93. The van der Waals surface area contributed by atoms with Crippen molar-refractivity contribution in [2.75, 3.05) is 13.1 Å². The Morgan fingerprint density at radius 1 is 1.21 bits per heavy atom. The zero-order valence-electron chi connectivity index (χ0n) is 12.2. The Balaban J connectivity index is 1.65. The number of esters is 1. The number of nitrogens with one attached hydrogen (secondary N) is 1. The molecule has 0 aromatic carbocycles. The minimum atomic E-state index is -0.0233. The highest BCUT2D eigenvalue weighted by Gasteiger charge is 2.27. The monoisotopic (exact) mass is 269 g/mol. The summed E-state index contributed by atoms with van der Waals surface area (Å²) in [6, 6.07) is 0. The summed E-state index contributed by atoms with van der Waals surface area (Å²) in [7, 11) is 0. The molecule has 2 aliphatic heterocycles. The molecule has 2 saturated heterocycles. The summed E-state index contributed by atoms with van der Waals surface area (Å²) in [4.78, 5) is 11.9. The van der Waals surface area contributed by atoms with Crippen LogP contribution in [0.2, 0.25) is 0 Å². The molecule has 1 N–H and O–H groups in total. The average Bonchev–Trinajstić information content (AvgIpc) is 2.36. The summed E-state index contributed by atoms with van der Waals surface area (Å²) >= 11 is 0. The van der Waals surface area contributed by atoms with Crippen LogP contribution in [0.5, 0.6) is 0 Å². The van der Waals surface area contributed by atoms with E-state index in [0.29, 0.717) is 12.3 Å². The van der Waals surface area contributed by atoms with Crippen molar-refractivity contribution in [1.29, 1.82) is 0 Å². The van der Waals surface area contributed by atoms with E-state index < -0.39 is 0 Å². The first-order valence-corrected chi connectivity index (χ1v) is 7.69. The van der Waals surface area contributed by atoms with Gasteiger partial charge < -0.3 is 14.8 Å². The normalized spacial score (nSPS) is 33.1. The van der Waals surface area contributed by atoms with Gasteiger partial charge in [0.05, 0.1) is 12.2 Å². The summed E-state index contributed by atoms with van der Waals surface area (Å²) < 4.78 is 11.2. The molecule has 2 rings (SSSR count). The van der Waals surface area contributed by atoms with E-state index in [2.05, 4.69) is 5.32 Å². The maximum Gasteiger partial charge on any atom is 0.306 e. The first-order chi connectivity index (χ1) is 9.13. The highest BCUT2D eigenvalue weighted by molar-refractivity contribution is 5.69. The van der Waals surface area contributed by atoms with Gasteiger partial charge in [0, 0.05) is 19.3 Å². The van der Waals surface area contributed by atoms with E-state index in [1.54, 1.807) is 0 Å². The van der Waals surface area contributed by atoms with Gasteiger partial charge in [-0.15, -0.1) is 0 Å². The standard InChI is InChI=1S/C15H27NO3/c1-11-9-14(10-12(2)18-11)19-15(17)4-3-13-5-7-16-8-6-13/h11-14,16H,3-10H2,1-2H3. The van der Waals surface area contributed by atoms with Crippen molar-refractivity contribution < 1.29 is 14.3 Å². The first-order valence-electron chi connectivity index (χ1n) is 7.69. The van der Waals surface area contributed by atoms with Gasteiger partial charge >= 0.3 is 5.97 Å². The molecule has 2 unspecified atom stereocenters. The third-order valence-corrected chi connectivity index (χ3v) is 4.17. The smallest absolute Gasteiger partial charge is 0.306 e. The molecular weight excluding hydrogens is 242 g/mol. The lowest BCUT2D eigenvalue weighted by molar-refractivity contribution is -0.160. The molecule has 0 radical (unpaired) electrons. The van der Waals surface area contributed by atoms with Crippen LogP contribution in [-0.4, -0.2) is 37.4 Å². The predicted octanol–water partition coefficient (Wildman–Crippen LogP) is 2.27. The third-order valence-electron chi connectivity index (χ3n) is 4.17. The maximum atomic E-state index is 11.9. The number of hydrogen-bond acceptors (Lipinski definition) is 4. The quantitative estimate of drug-likeness (QED) is 0.795. The second-order valence-electron chi connectivity index (χ2n) is 6.07. The zero-order valence-corrected chi connectivity index (χ0v) is 12.2. The summed E-state index contributed by atoms with van der Waals surface area (Å²) in [5.74, 6) is 0.672. The molecule has 0 bridgehead atoms. The van der Waals surface area contributed by atoms with Gasteiger partial charge in [-0.2, -0.15) is 0 Å². The van der Waals surface area contributed by atoms with E-state index in [9.17, 15) is 4.79 Å². The van der Waals surface area contributed by atoms with Gasteiger partial charge in [0.1, 0.15) is 6.10 Å². The van der Waals surface area contributed by atoms with Crippen LogP contribution in [0.25, 0.3) is 0 Å².